The smallest absolute Gasteiger partial charge is 0.307 e. The number of nitrogens with one attached hydrogen (secondary N) is 3. The van der Waals surface area contributed by atoms with E-state index in [4.69, 9.17) is 4.74 Å². The van der Waals surface area contributed by atoms with Gasteiger partial charge in [0.25, 0.3) is 0 Å². The first-order valence-corrected chi connectivity index (χ1v) is 12.9. The molecule has 196 valence electrons. The highest BCUT2D eigenvalue weighted by molar-refractivity contribution is 5.89. The molecule has 0 aliphatic carbocycles. The van der Waals surface area contributed by atoms with Gasteiger partial charge in [-0.25, -0.2) is 0 Å². The summed E-state index contributed by atoms with van der Waals surface area (Å²) in [5.41, 5.74) is 3.01. The van der Waals surface area contributed by atoms with Crippen LogP contribution < -0.4 is 10.6 Å². The molecule has 0 saturated carbocycles. The minimum atomic E-state index is -0.706. The molecule has 9 heteroatoms. The van der Waals surface area contributed by atoms with Crippen LogP contribution in [0.2, 0.25) is 0 Å². The highest BCUT2D eigenvalue weighted by Crippen LogP contribution is 2.32. The molecule has 1 aliphatic heterocycles. The van der Waals surface area contributed by atoms with Gasteiger partial charge in [-0.1, -0.05) is 30.3 Å². The van der Waals surface area contributed by atoms with Gasteiger partial charge in [0.05, 0.1) is 25.6 Å². The molecule has 1 aromatic carbocycles. The van der Waals surface area contributed by atoms with Gasteiger partial charge in [-0.2, -0.15) is 0 Å². The SMILES string of the molecule is CCOC(=O)CCN1CC[C@H](c2ccccc2)C[C@@H]1C(=O)NC(C)C(=O)NCc1cc2cnccc2[nH]1. The molecular formula is C28H35N5O4. The van der Waals surface area contributed by atoms with Crippen LogP contribution in [0.3, 0.4) is 0 Å². The molecule has 1 unspecified atom stereocenters. The molecule has 2 aromatic heterocycles. The number of hydrogen-bond donors (Lipinski definition) is 3. The van der Waals surface area contributed by atoms with Gasteiger partial charge in [-0.15, -0.1) is 0 Å². The summed E-state index contributed by atoms with van der Waals surface area (Å²) in [6.07, 6.45) is 5.22. The van der Waals surface area contributed by atoms with Gasteiger partial charge in [0.2, 0.25) is 11.8 Å². The Morgan fingerprint density at radius 2 is 2.03 bits per heavy atom. The Bertz CT molecular complexity index is 1180. The average molecular weight is 506 g/mol. The predicted octanol–water partition coefficient (Wildman–Crippen LogP) is 2.89. The van der Waals surface area contributed by atoms with E-state index in [0.717, 1.165) is 23.0 Å². The lowest BCUT2D eigenvalue weighted by atomic mass is 9.84. The second-order valence-corrected chi connectivity index (χ2v) is 9.44. The monoisotopic (exact) mass is 505 g/mol. The number of piperidine rings is 1. The van der Waals surface area contributed by atoms with Gasteiger partial charge in [0.1, 0.15) is 6.04 Å². The van der Waals surface area contributed by atoms with Crippen molar-refractivity contribution >= 4 is 28.7 Å². The number of hydrogen-bond acceptors (Lipinski definition) is 6. The van der Waals surface area contributed by atoms with Crippen LogP contribution in [0.1, 0.15) is 50.3 Å². The van der Waals surface area contributed by atoms with Crippen LogP contribution in [0.4, 0.5) is 0 Å². The van der Waals surface area contributed by atoms with Crippen LogP contribution in [-0.2, 0) is 25.7 Å². The Labute approximate surface area is 217 Å². The number of nitrogens with zero attached hydrogens (tertiary/aromatic N) is 2. The number of carbonyl (C=O) groups excluding carboxylic acids is 3. The number of pyridine rings is 1. The first-order valence-electron chi connectivity index (χ1n) is 12.9. The van der Waals surface area contributed by atoms with Crippen molar-refractivity contribution in [2.75, 3.05) is 19.7 Å². The minimum absolute atomic E-state index is 0.205. The Hall–Kier alpha value is -3.72. The van der Waals surface area contributed by atoms with Crippen LogP contribution in [0.25, 0.3) is 10.9 Å². The van der Waals surface area contributed by atoms with E-state index in [9.17, 15) is 14.4 Å². The molecule has 3 N–H and O–H groups in total. The largest absolute Gasteiger partial charge is 0.466 e. The number of ether oxygens (including phenoxy) is 1. The Morgan fingerprint density at radius 1 is 1.22 bits per heavy atom. The van der Waals surface area contributed by atoms with E-state index >= 15 is 0 Å². The van der Waals surface area contributed by atoms with Crippen molar-refractivity contribution in [3.05, 3.63) is 66.1 Å². The molecule has 0 spiro atoms. The van der Waals surface area contributed by atoms with E-state index < -0.39 is 12.1 Å². The van der Waals surface area contributed by atoms with Crippen LogP contribution >= 0.6 is 0 Å². The van der Waals surface area contributed by atoms with E-state index in [-0.39, 0.29) is 30.1 Å². The summed E-state index contributed by atoms with van der Waals surface area (Å²) in [5.74, 6) is -0.508. The van der Waals surface area contributed by atoms with Gasteiger partial charge >= 0.3 is 5.97 Å². The number of aromatic amines is 1. The molecule has 1 saturated heterocycles. The van der Waals surface area contributed by atoms with Crippen LogP contribution in [-0.4, -0.2) is 64.4 Å². The zero-order chi connectivity index (χ0) is 26.2. The van der Waals surface area contributed by atoms with E-state index in [1.807, 2.05) is 35.2 Å². The second kappa shape index (κ2) is 12.5. The van der Waals surface area contributed by atoms with Gasteiger partial charge < -0.3 is 20.4 Å². The molecule has 1 fully saturated rings. The third-order valence-electron chi connectivity index (χ3n) is 6.88. The van der Waals surface area contributed by atoms with Crippen molar-refractivity contribution < 1.29 is 19.1 Å². The number of benzene rings is 1. The summed E-state index contributed by atoms with van der Waals surface area (Å²) in [6.45, 7) is 5.24. The van der Waals surface area contributed by atoms with E-state index in [0.29, 0.717) is 32.7 Å². The lowest BCUT2D eigenvalue weighted by Crippen LogP contribution is -2.55. The molecular weight excluding hydrogens is 470 g/mol. The van der Waals surface area contributed by atoms with E-state index in [2.05, 4.69) is 32.7 Å². The summed E-state index contributed by atoms with van der Waals surface area (Å²) in [5, 5.41) is 6.76. The first kappa shape index (κ1) is 26.3. The summed E-state index contributed by atoms with van der Waals surface area (Å²) in [7, 11) is 0. The first-order chi connectivity index (χ1) is 17.9. The maximum Gasteiger partial charge on any atom is 0.307 e. The number of esters is 1. The molecule has 3 atom stereocenters. The fraction of sp³-hybridized carbons (Fsp3) is 0.429. The fourth-order valence-electron chi connectivity index (χ4n) is 4.89. The number of likely N-dealkylation sites (tertiary alicyclic amines) is 1. The zero-order valence-electron chi connectivity index (χ0n) is 21.4. The lowest BCUT2D eigenvalue weighted by molar-refractivity contribution is -0.144. The quantitative estimate of drug-likeness (QED) is 0.365. The second-order valence-electron chi connectivity index (χ2n) is 9.44. The highest BCUT2D eigenvalue weighted by Gasteiger charge is 2.35. The number of H-pyrrole nitrogens is 1. The molecule has 2 amide bonds. The van der Waals surface area contributed by atoms with Crippen molar-refractivity contribution in [3.63, 3.8) is 0 Å². The number of aromatic nitrogens is 2. The normalized spacial score (nSPS) is 18.8. The molecule has 3 aromatic rings. The number of fused-ring (bicyclic) bond motifs is 1. The fourth-order valence-corrected chi connectivity index (χ4v) is 4.89. The Morgan fingerprint density at radius 3 is 2.78 bits per heavy atom. The average Bonchev–Trinajstić information content (AvgIpc) is 3.34. The third-order valence-corrected chi connectivity index (χ3v) is 6.88. The topological polar surface area (TPSA) is 116 Å². The van der Waals surface area contributed by atoms with Crippen LogP contribution in [0.5, 0.6) is 0 Å². The van der Waals surface area contributed by atoms with Gasteiger partial charge in [0.15, 0.2) is 0 Å². The Balaban J connectivity index is 1.37. The van der Waals surface area contributed by atoms with Crippen molar-refractivity contribution in [2.24, 2.45) is 0 Å². The van der Waals surface area contributed by atoms with Crippen molar-refractivity contribution in [2.45, 2.75) is 57.7 Å². The van der Waals surface area contributed by atoms with Crippen molar-refractivity contribution in [3.8, 4) is 0 Å². The standard InChI is InChI=1S/C28H35N5O4/c1-3-37-26(34)11-14-33-13-10-21(20-7-5-4-6-8-20)16-25(33)28(36)31-19(2)27(35)30-18-23-15-22-17-29-12-9-24(22)32-23/h4-9,12,15,17,19,21,25,32H,3,10-11,13-14,16,18H2,1-2H3,(H,30,35)(H,31,36)/t19?,21-,25+/m0/s1. The van der Waals surface area contributed by atoms with Gasteiger partial charge in [-0.3, -0.25) is 24.3 Å². The summed E-state index contributed by atoms with van der Waals surface area (Å²) in [6, 6.07) is 12.8. The number of amides is 2. The maximum atomic E-state index is 13.4. The molecule has 0 radical (unpaired) electrons. The summed E-state index contributed by atoms with van der Waals surface area (Å²) >= 11 is 0. The molecule has 37 heavy (non-hydrogen) atoms. The molecule has 0 bridgehead atoms. The number of carbonyl (C=O) groups is 3. The summed E-state index contributed by atoms with van der Waals surface area (Å²) < 4.78 is 5.07. The summed E-state index contributed by atoms with van der Waals surface area (Å²) in [4.78, 5) is 47.5. The van der Waals surface area contributed by atoms with Crippen LogP contribution in [0, 0.1) is 0 Å². The highest BCUT2D eigenvalue weighted by atomic mass is 16.5. The lowest BCUT2D eigenvalue weighted by Gasteiger charge is -2.39. The van der Waals surface area contributed by atoms with Gasteiger partial charge in [0, 0.05) is 35.5 Å². The predicted molar refractivity (Wildman–Crippen MR) is 141 cm³/mol. The molecule has 1 aliphatic rings. The Kier molecular flexibility index (Phi) is 8.90. The zero-order valence-corrected chi connectivity index (χ0v) is 21.4. The van der Waals surface area contributed by atoms with Crippen molar-refractivity contribution in [1.29, 1.82) is 0 Å². The van der Waals surface area contributed by atoms with Crippen molar-refractivity contribution in [1.82, 2.24) is 25.5 Å². The van der Waals surface area contributed by atoms with Crippen LogP contribution in [0.15, 0.2) is 54.9 Å². The van der Waals surface area contributed by atoms with E-state index in [1.165, 1.54) is 5.56 Å². The number of rotatable bonds is 10. The third kappa shape index (κ3) is 6.95. The van der Waals surface area contributed by atoms with E-state index in [1.54, 1.807) is 26.2 Å². The molecule has 3 heterocycles. The molecule has 4 rings (SSSR count). The molecule has 9 nitrogen and oxygen atoms in total. The minimum Gasteiger partial charge on any atom is -0.466 e. The van der Waals surface area contributed by atoms with Gasteiger partial charge in [-0.05, 0) is 56.8 Å². The maximum absolute atomic E-state index is 13.4.